The average Bonchev–Trinajstić information content (AvgIpc) is 3.01. The highest BCUT2D eigenvalue weighted by molar-refractivity contribution is 7.87. The van der Waals surface area contributed by atoms with E-state index in [4.69, 9.17) is 18.0 Å². The maximum absolute atomic E-state index is 11.9. The molecule has 7 heteroatoms. The molecular formula is C10H19N3O2S2. The second kappa shape index (κ2) is 4.79. The molecule has 0 aliphatic heterocycles. The number of nitrogens with one attached hydrogen (secondary N) is 2. The molecule has 17 heavy (non-hydrogen) atoms. The van der Waals surface area contributed by atoms with Gasteiger partial charge in [-0.05, 0) is 25.7 Å². The van der Waals surface area contributed by atoms with Crippen LogP contribution in [0.1, 0.15) is 44.9 Å². The molecule has 2 rings (SSSR count). The topological polar surface area (TPSA) is 84.2 Å². The van der Waals surface area contributed by atoms with Crippen LogP contribution in [0, 0.1) is 0 Å². The van der Waals surface area contributed by atoms with Gasteiger partial charge in [0.25, 0.3) is 10.2 Å². The second-order valence-electron chi connectivity index (χ2n) is 5.00. The van der Waals surface area contributed by atoms with Crippen LogP contribution < -0.4 is 15.2 Å². The normalized spacial score (nSPS) is 24.5. The Hall–Kier alpha value is -0.240. The summed E-state index contributed by atoms with van der Waals surface area (Å²) < 4.78 is 29.1. The second-order valence-corrected chi connectivity index (χ2v) is 6.89. The maximum Gasteiger partial charge on any atom is 0.278 e. The van der Waals surface area contributed by atoms with Crippen LogP contribution in [-0.2, 0) is 10.2 Å². The van der Waals surface area contributed by atoms with E-state index in [2.05, 4.69) is 9.44 Å². The Morgan fingerprint density at radius 1 is 1.24 bits per heavy atom. The fraction of sp³-hybridized carbons (Fsp3) is 0.900. The fourth-order valence-electron chi connectivity index (χ4n) is 2.26. The van der Waals surface area contributed by atoms with Gasteiger partial charge >= 0.3 is 0 Å². The van der Waals surface area contributed by atoms with Crippen molar-refractivity contribution >= 4 is 27.4 Å². The average molecular weight is 277 g/mol. The first kappa shape index (κ1) is 13.2. The van der Waals surface area contributed by atoms with Gasteiger partial charge in [0, 0.05) is 6.04 Å². The molecular weight excluding hydrogens is 258 g/mol. The Kier molecular flexibility index (Phi) is 3.72. The minimum absolute atomic E-state index is 0.0967. The zero-order valence-corrected chi connectivity index (χ0v) is 11.4. The number of hydrogen-bond donors (Lipinski definition) is 3. The van der Waals surface area contributed by atoms with Crippen molar-refractivity contribution in [3.8, 4) is 0 Å². The van der Waals surface area contributed by atoms with E-state index >= 15 is 0 Å². The van der Waals surface area contributed by atoms with Gasteiger partial charge in [-0.25, -0.2) is 0 Å². The minimum atomic E-state index is -3.49. The molecule has 0 amide bonds. The maximum atomic E-state index is 11.9. The number of thiocarbonyl (C=S) groups is 1. The van der Waals surface area contributed by atoms with E-state index in [9.17, 15) is 8.42 Å². The summed E-state index contributed by atoms with van der Waals surface area (Å²) in [5.41, 5.74) is 5.02. The Morgan fingerprint density at radius 2 is 1.82 bits per heavy atom. The standard InChI is InChI=1S/C10H19N3O2S2/c11-9(16)10(6-2-1-3-7-10)13-17(14,15)12-8-4-5-8/h8,12-13H,1-7H2,(H2,11,16). The molecule has 0 heterocycles. The molecule has 2 saturated carbocycles. The van der Waals surface area contributed by atoms with Crippen LogP contribution in [0.15, 0.2) is 0 Å². The third kappa shape index (κ3) is 3.37. The van der Waals surface area contributed by atoms with E-state index in [-0.39, 0.29) is 11.0 Å². The summed E-state index contributed by atoms with van der Waals surface area (Å²) in [5, 5.41) is 0. The van der Waals surface area contributed by atoms with Crippen LogP contribution in [-0.4, -0.2) is 25.0 Å². The van der Waals surface area contributed by atoms with Crippen molar-refractivity contribution in [2.75, 3.05) is 0 Å². The van der Waals surface area contributed by atoms with Crippen molar-refractivity contribution in [2.45, 2.75) is 56.5 Å². The van der Waals surface area contributed by atoms with E-state index in [1.165, 1.54) is 0 Å². The largest absolute Gasteiger partial charge is 0.392 e. The van der Waals surface area contributed by atoms with E-state index in [1.807, 2.05) is 0 Å². The highest BCUT2D eigenvalue weighted by atomic mass is 32.2. The number of rotatable bonds is 5. The summed E-state index contributed by atoms with van der Waals surface area (Å²) in [6.45, 7) is 0. The molecule has 0 radical (unpaired) electrons. The van der Waals surface area contributed by atoms with Gasteiger partial charge in [-0.1, -0.05) is 31.5 Å². The van der Waals surface area contributed by atoms with Crippen molar-refractivity contribution < 1.29 is 8.42 Å². The van der Waals surface area contributed by atoms with E-state index < -0.39 is 15.7 Å². The molecule has 0 unspecified atom stereocenters. The summed E-state index contributed by atoms with van der Waals surface area (Å²) in [6.07, 6.45) is 6.28. The molecule has 0 bridgehead atoms. The molecule has 0 aromatic carbocycles. The number of nitrogens with two attached hydrogens (primary N) is 1. The molecule has 0 aromatic heterocycles. The lowest BCUT2D eigenvalue weighted by Crippen LogP contribution is -2.60. The van der Waals surface area contributed by atoms with Crippen LogP contribution in [0.25, 0.3) is 0 Å². The van der Waals surface area contributed by atoms with Crippen molar-refractivity contribution in [3.05, 3.63) is 0 Å². The molecule has 0 atom stereocenters. The van der Waals surface area contributed by atoms with Crippen LogP contribution in [0.5, 0.6) is 0 Å². The van der Waals surface area contributed by atoms with Gasteiger partial charge in [0.2, 0.25) is 0 Å². The molecule has 2 aliphatic carbocycles. The Balaban J connectivity index is 2.08. The van der Waals surface area contributed by atoms with Crippen molar-refractivity contribution in [1.29, 1.82) is 0 Å². The zero-order chi connectivity index (χ0) is 12.5. The first-order valence-corrected chi connectivity index (χ1v) is 7.94. The third-order valence-electron chi connectivity index (χ3n) is 3.41. The van der Waals surface area contributed by atoms with Gasteiger partial charge in [-0.15, -0.1) is 0 Å². The predicted octanol–water partition coefficient (Wildman–Crippen LogP) is 0.562. The van der Waals surface area contributed by atoms with Crippen molar-refractivity contribution in [1.82, 2.24) is 9.44 Å². The molecule has 98 valence electrons. The first-order valence-electron chi connectivity index (χ1n) is 6.05. The van der Waals surface area contributed by atoms with Crippen LogP contribution in [0.2, 0.25) is 0 Å². The zero-order valence-electron chi connectivity index (χ0n) is 9.74. The van der Waals surface area contributed by atoms with Crippen molar-refractivity contribution in [3.63, 3.8) is 0 Å². The van der Waals surface area contributed by atoms with Crippen LogP contribution in [0.4, 0.5) is 0 Å². The van der Waals surface area contributed by atoms with Gasteiger partial charge < -0.3 is 5.73 Å². The highest BCUT2D eigenvalue weighted by Gasteiger charge is 2.40. The summed E-state index contributed by atoms with van der Waals surface area (Å²) >= 11 is 5.05. The van der Waals surface area contributed by atoms with Crippen molar-refractivity contribution in [2.24, 2.45) is 5.73 Å². The van der Waals surface area contributed by atoms with E-state index in [0.29, 0.717) is 12.8 Å². The molecule has 2 aliphatic rings. The molecule has 0 aromatic rings. The van der Waals surface area contributed by atoms with Gasteiger partial charge in [-0.3, -0.25) is 0 Å². The SMILES string of the molecule is NC(=S)C1(NS(=O)(=O)NC2CC2)CCCCC1. The smallest absolute Gasteiger partial charge is 0.278 e. The van der Waals surface area contributed by atoms with Crippen LogP contribution in [0.3, 0.4) is 0 Å². The molecule has 5 nitrogen and oxygen atoms in total. The lowest BCUT2D eigenvalue weighted by atomic mass is 9.82. The predicted molar refractivity (Wildman–Crippen MR) is 70.8 cm³/mol. The minimum Gasteiger partial charge on any atom is -0.392 e. The molecule has 2 fully saturated rings. The summed E-state index contributed by atoms with van der Waals surface area (Å²) in [4.78, 5) is 0.262. The molecule has 4 N–H and O–H groups in total. The number of hydrogen-bond acceptors (Lipinski definition) is 3. The van der Waals surface area contributed by atoms with E-state index in [0.717, 1.165) is 32.1 Å². The molecule has 0 saturated heterocycles. The van der Waals surface area contributed by atoms with E-state index in [1.54, 1.807) is 0 Å². The summed E-state index contributed by atoms with van der Waals surface area (Å²) in [6, 6.07) is 0.0967. The summed E-state index contributed by atoms with van der Waals surface area (Å²) in [7, 11) is -3.49. The quantitative estimate of drug-likeness (QED) is 0.641. The monoisotopic (exact) mass is 277 g/mol. The Bertz CT molecular complexity index is 398. The first-order chi connectivity index (χ1) is 7.94. The lowest BCUT2D eigenvalue weighted by molar-refractivity contribution is 0.351. The Morgan fingerprint density at radius 3 is 2.29 bits per heavy atom. The van der Waals surface area contributed by atoms with Gasteiger partial charge in [0.05, 0.1) is 10.5 Å². The Labute approximate surface area is 108 Å². The third-order valence-corrected chi connectivity index (χ3v) is 5.10. The van der Waals surface area contributed by atoms with Gasteiger partial charge in [0.15, 0.2) is 0 Å². The summed E-state index contributed by atoms with van der Waals surface area (Å²) in [5.74, 6) is 0. The van der Waals surface area contributed by atoms with Crippen LogP contribution >= 0.6 is 12.2 Å². The highest BCUT2D eigenvalue weighted by Crippen LogP contribution is 2.29. The lowest BCUT2D eigenvalue weighted by Gasteiger charge is -2.36. The fourth-order valence-corrected chi connectivity index (χ4v) is 4.14. The molecule has 0 spiro atoms. The van der Waals surface area contributed by atoms with Gasteiger partial charge in [0.1, 0.15) is 0 Å². The van der Waals surface area contributed by atoms with Gasteiger partial charge in [-0.2, -0.15) is 17.9 Å².